The van der Waals surface area contributed by atoms with Crippen LogP contribution in [0.5, 0.6) is 0 Å². The predicted octanol–water partition coefficient (Wildman–Crippen LogP) is 3.98. The van der Waals surface area contributed by atoms with Crippen LogP contribution in [0.25, 0.3) is 11.5 Å². The maximum absolute atomic E-state index is 12.9. The molecule has 1 aromatic carbocycles. The van der Waals surface area contributed by atoms with Crippen LogP contribution in [-0.2, 0) is 10.0 Å². The Morgan fingerprint density at radius 1 is 1.23 bits per heavy atom. The van der Waals surface area contributed by atoms with Crippen molar-refractivity contribution in [3.8, 4) is 11.5 Å². The molecule has 8 nitrogen and oxygen atoms in total. The first-order valence-electron chi connectivity index (χ1n) is 9.48. The highest BCUT2D eigenvalue weighted by Gasteiger charge is 2.28. The van der Waals surface area contributed by atoms with Crippen molar-refractivity contribution in [2.45, 2.75) is 31.6 Å². The predicted molar refractivity (Wildman–Crippen MR) is 113 cm³/mol. The van der Waals surface area contributed by atoms with Gasteiger partial charge in [0.1, 0.15) is 16.3 Å². The van der Waals surface area contributed by atoms with Crippen LogP contribution < -0.4 is 4.72 Å². The largest absolute Gasteiger partial charge is 0.458 e. The Kier molecular flexibility index (Phi) is 5.33. The Morgan fingerprint density at radius 2 is 1.97 bits per heavy atom. The van der Waals surface area contributed by atoms with Gasteiger partial charge in [0, 0.05) is 24.2 Å². The number of amides is 1. The summed E-state index contributed by atoms with van der Waals surface area (Å²) >= 11 is 6.09. The van der Waals surface area contributed by atoms with E-state index in [1.807, 2.05) is 6.92 Å². The smallest absolute Gasteiger partial charge is 0.265 e. The van der Waals surface area contributed by atoms with Crippen molar-refractivity contribution in [2.75, 3.05) is 17.8 Å². The molecule has 0 aliphatic carbocycles. The highest BCUT2D eigenvalue weighted by molar-refractivity contribution is 7.92. The van der Waals surface area contributed by atoms with Crippen molar-refractivity contribution in [3.05, 3.63) is 52.4 Å². The van der Waals surface area contributed by atoms with E-state index in [2.05, 4.69) is 14.9 Å². The molecule has 2 aromatic heterocycles. The molecule has 1 saturated heterocycles. The van der Waals surface area contributed by atoms with E-state index < -0.39 is 10.0 Å². The molecule has 4 rings (SSSR count). The van der Waals surface area contributed by atoms with Gasteiger partial charge in [0.25, 0.3) is 15.9 Å². The van der Waals surface area contributed by atoms with Crippen molar-refractivity contribution in [3.63, 3.8) is 0 Å². The van der Waals surface area contributed by atoms with Crippen molar-refractivity contribution in [2.24, 2.45) is 0 Å². The molecular weight excluding hydrogens is 428 g/mol. The van der Waals surface area contributed by atoms with Crippen molar-refractivity contribution < 1.29 is 17.6 Å². The number of aromatic amines is 1. The number of rotatable bonds is 5. The van der Waals surface area contributed by atoms with Crippen molar-refractivity contribution in [1.29, 1.82) is 0 Å². The number of sulfonamides is 1. The third-order valence-electron chi connectivity index (χ3n) is 5.10. The van der Waals surface area contributed by atoms with E-state index in [0.29, 0.717) is 35.1 Å². The number of H-pyrrole nitrogens is 1. The van der Waals surface area contributed by atoms with E-state index in [1.54, 1.807) is 30.0 Å². The number of anilines is 1. The van der Waals surface area contributed by atoms with Crippen LogP contribution in [0.3, 0.4) is 0 Å². The summed E-state index contributed by atoms with van der Waals surface area (Å²) in [4.78, 5) is 14.5. The lowest BCUT2D eigenvalue weighted by Gasteiger charge is -2.14. The molecule has 1 aliphatic rings. The first kappa shape index (κ1) is 20.5. The van der Waals surface area contributed by atoms with E-state index in [0.717, 1.165) is 18.4 Å². The molecule has 0 atom stereocenters. The zero-order valence-electron chi connectivity index (χ0n) is 16.5. The van der Waals surface area contributed by atoms with Crippen LogP contribution in [0.2, 0.25) is 5.02 Å². The minimum atomic E-state index is -3.92. The molecular formula is C20H21ClN4O4S. The third kappa shape index (κ3) is 3.82. The molecule has 0 unspecified atom stereocenters. The topological polar surface area (TPSA) is 108 Å². The maximum Gasteiger partial charge on any atom is 0.265 e. The molecule has 30 heavy (non-hydrogen) atoms. The Bertz CT molecular complexity index is 1210. The summed E-state index contributed by atoms with van der Waals surface area (Å²) in [6.07, 6.45) is 3.38. The number of nitrogens with one attached hydrogen (secondary N) is 2. The lowest BCUT2D eigenvalue weighted by Crippen LogP contribution is -2.27. The Labute approximate surface area is 179 Å². The molecule has 0 saturated carbocycles. The van der Waals surface area contributed by atoms with Crippen LogP contribution in [0.1, 0.15) is 34.5 Å². The summed E-state index contributed by atoms with van der Waals surface area (Å²) < 4.78 is 34.0. The Morgan fingerprint density at radius 3 is 2.67 bits per heavy atom. The maximum atomic E-state index is 12.9. The van der Waals surface area contributed by atoms with Crippen LogP contribution in [0.15, 0.2) is 39.8 Å². The number of carbonyl (C=O) groups is 1. The van der Waals surface area contributed by atoms with Crippen molar-refractivity contribution >= 4 is 33.2 Å². The van der Waals surface area contributed by atoms with Gasteiger partial charge in [-0.25, -0.2) is 8.42 Å². The van der Waals surface area contributed by atoms with E-state index in [9.17, 15) is 13.2 Å². The zero-order valence-corrected chi connectivity index (χ0v) is 18.1. The fraction of sp³-hybridized carbons (Fsp3) is 0.300. The summed E-state index contributed by atoms with van der Waals surface area (Å²) in [6, 6.07) is 6.31. The number of furan rings is 1. The number of aromatic nitrogens is 2. The fourth-order valence-electron chi connectivity index (χ4n) is 3.45. The van der Waals surface area contributed by atoms with Gasteiger partial charge in [0.2, 0.25) is 0 Å². The minimum absolute atomic E-state index is 0.0247. The second-order valence-electron chi connectivity index (χ2n) is 7.26. The van der Waals surface area contributed by atoms with E-state index in [4.69, 9.17) is 16.0 Å². The van der Waals surface area contributed by atoms with E-state index in [1.165, 1.54) is 12.3 Å². The van der Waals surface area contributed by atoms with Crippen LogP contribution in [0, 0.1) is 13.8 Å². The van der Waals surface area contributed by atoms with Gasteiger partial charge in [-0.15, -0.1) is 0 Å². The van der Waals surface area contributed by atoms with Crippen LogP contribution in [0.4, 0.5) is 5.69 Å². The second kappa shape index (κ2) is 7.81. The van der Waals surface area contributed by atoms with Crippen LogP contribution in [-0.4, -0.2) is 42.5 Å². The second-order valence-corrected chi connectivity index (χ2v) is 9.32. The SMILES string of the molecule is Cc1ccc(NS(=O)(=O)c2cc(-c3[nH]ncc3C(=O)N3CCCC3)oc2C)cc1Cl. The highest BCUT2D eigenvalue weighted by Crippen LogP contribution is 2.31. The zero-order chi connectivity index (χ0) is 21.5. The number of hydrogen-bond acceptors (Lipinski definition) is 5. The van der Waals surface area contributed by atoms with Crippen LogP contribution >= 0.6 is 11.6 Å². The summed E-state index contributed by atoms with van der Waals surface area (Å²) in [5.74, 6) is 0.280. The molecule has 0 radical (unpaired) electrons. The number of aryl methyl sites for hydroxylation is 2. The van der Waals surface area contributed by atoms with Gasteiger partial charge >= 0.3 is 0 Å². The van der Waals surface area contributed by atoms with Crippen molar-refractivity contribution in [1.82, 2.24) is 15.1 Å². The molecule has 158 valence electrons. The number of nitrogens with zero attached hydrogens (tertiary/aromatic N) is 2. The third-order valence-corrected chi connectivity index (χ3v) is 6.99. The summed E-state index contributed by atoms with van der Waals surface area (Å²) in [7, 11) is -3.92. The number of halogens is 1. The van der Waals surface area contributed by atoms with Gasteiger partial charge in [-0.05, 0) is 44.4 Å². The number of benzene rings is 1. The number of likely N-dealkylation sites (tertiary alicyclic amines) is 1. The van der Waals surface area contributed by atoms with Gasteiger partial charge < -0.3 is 9.32 Å². The molecule has 3 heterocycles. The molecule has 0 spiro atoms. The standard InChI is InChI=1S/C20H21ClN4O4S/c1-12-5-6-14(9-16(12)21)24-30(27,28)18-10-17(29-13(18)2)19-15(11-22-23-19)20(26)25-7-3-4-8-25/h5-6,9-11,24H,3-4,7-8H2,1-2H3,(H,22,23). The average Bonchev–Trinajstić information content (AvgIpc) is 3.43. The lowest BCUT2D eigenvalue weighted by atomic mass is 10.2. The summed E-state index contributed by atoms with van der Waals surface area (Å²) in [5.41, 5.74) is 1.90. The minimum Gasteiger partial charge on any atom is -0.458 e. The molecule has 1 amide bonds. The first-order valence-corrected chi connectivity index (χ1v) is 11.3. The summed E-state index contributed by atoms with van der Waals surface area (Å²) in [6.45, 7) is 4.78. The van der Waals surface area contributed by atoms with Gasteiger partial charge in [-0.1, -0.05) is 17.7 Å². The quantitative estimate of drug-likeness (QED) is 0.613. The monoisotopic (exact) mass is 448 g/mol. The highest BCUT2D eigenvalue weighted by atomic mass is 35.5. The molecule has 1 fully saturated rings. The Balaban J connectivity index is 1.64. The number of hydrogen-bond donors (Lipinski definition) is 2. The van der Waals surface area contributed by atoms with Gasteiger partial charge in [0.15, 0.2) is 5.76 Å². The molecule has 2 N–H and O–H groups in total. The van der Waals surface area contributed by atoms with E-state index >= 15 is 0 Å². The molecule has 0 bridgehead atoms. The van der Waals surface area contributed by atoms with Gasteiger partial charge in [-0.3, -0.25) is 14.6 Å². The van der Waals surface area contributed by atoms with E-state index in [-0.39, 0.29) is 22.3 Å². The molecule has 3 aromatic rings. The first-order chi connectivity index (χ1) is 14.3. The number of carbonyl (C=O) groups excluding carboxylic acids is 1. The fourth-order valence-corrected chi connectivity index (χ4v) is 4.86. The summed E-state index contributed by atoms with van der Waals surface area (Å²) in [5, 5.41) is 7.18. The van der Waals surface area contributed by atoms with Gasteiger partial charge in [-0.2, -0.15) is 5.10 Å². The van der Waals surface area contributed by atoms with Gasteiger partial charge in [0.05, 0.1) is 17.4 Å². The normalized spacial score (nSPS) is 14.3. The lowest BCUT2D eigenvalue weighted by molar-refractivity contribution is 0.0793. The average molecular weight is 449 g/mol. The molecule has 1 aliphatic heterocycles. The molecule has 10 heteroatoms. The Hall–Kier alpha value is -2.78.